The molecule has 0 saturated carbocycles. The van der Waals surface area contributed by atoms with Crippen molar-refractivity contribution in [3.8, 4) is 0 Å². The van der Waals surface area contributed by atoms with Crippen molar-refractivity contribution in [2.24, 2.45) is 0 Å². The van der Waals surface area contributed by atoms with E-state index in [1.54, 1.807) is 6.07 Å². The van der Waals surface area contributed by atoms with Crippen molar-refractivity contribution < 1.29 is 4.79 Å². The molecule has 3 rings (SSSR count). The first-order valence-corrected chi connectivity index (χ1v) is 9.79. The van der Waals surface area contributed by atoms with E-state index in [0.29, 0.717) is 11.6 Å². The Hall–Kier alpha value is -2.63. The zero-order valence-electron chi connectivity index (χ0n) is 16.7. The van der Waals surface area contributed by atoms with E-state index in [2.05, 4.69) is 51.1 Å². The average molecular weight is 367 g/mol. The first kappa shape index (κ1) is 19.1. The highest BCUT2D eigenvalue weighted by atomic mass is 16.1. The molecule has 2 aromatic rings. The Labute approximate surface area is 161 Å². The Kier molecular flexibility index (Phi) is 5.94. The Bertz CT molecular complexity index is 810. The first-order valence-electron chi connectivity index (χ1n) is 9.79. The van der Waals surface area contributed by atoms with E-state index < -0.39 is 0 Å². The number of anilines is 3. The van der Waals surface area contributed by atoms with Gasteiger partial charge in [-0.25, -0.2) is 9.97 Å². The molecule has 0 spiro atoms. The maximum Gasteiger partial charge on any atom is 0.274 e. The van der Waals surface area contributed by atoms with Crippen LogP contribution in [0.1, 0.15) is 48.4 Å². The molecule has 2 heterocycles. The van der Waals surface area contributed by atoms with E-state index in [-0.39, 0.29) is 5.91 Å². The van der Waals surface area contributed by atoms with Crippen LogP contribution in [0.4, 0.5) is 17.3 Å². The van der Waals surface area contributed by atoms with Crippen LogP contribution in [0.2, 0.25) is 0 Å². The van der Waals surface area contributed by atoms with E-state index in [1.807, 2.05) is 19.9 Å². The molecule has 6 heteroatoms. The van der Waals surface area contributed by atoms with Crippen LogP contribution < -0.4 is 15.1 Å². The van der Waals surface area contributed by atoms with E-state index in [9.17, 15) is 4.79 Å². The molecule has 1 aliphatic rings. The van der Waals surface area contributed by atoms with Gasteiger partial charge in [0.1, 0.15) is 5.69 Å². The number of aryl methyl sites for hydroxylation is 2. The fraction of sp³-hybridized carbons (Fsp3) is 0.476. The van der Waals surface area contributed by atoms with E-state index in [0.717, 1.165) is 56.0 Å². The average Bonchev–Trinajstić information content (AvgIpc) is 3.19. The summed E-state index contributed by atoms with van der Waals surface area (Å²) in [5, 5.41) is 3.01. The largest absolute Gasteiger partial charge is 0.372 e. The SMILES string of the molecule is CCN(CC)c1ccc(NC(=O)c2cc(C)nc(N3CCCC3)n2)c(C)c1. The summed E-state index contributed by atoms with van der Waals surface area (Å²) in [6.45, 7) is 12.0. The number of rotatable bonds is 6. The third kappa shape index (κ3) is 4.38. The van der Waals surface area contributed by atoms with Gasteiger partial charge in [-0.05, 0) is 70.4 Å². The molecular formula is C21H29N5O. The minimum atomic E-state index is -0.195. The quantitative estimate of drug-likeness (QED) is 0.842. The summed E-state index contributed by atoms with van der Waals surface area (Å²) in [4.78, 5) is 26.2. The van der Waals surface area contributed by atoms with Crippen LogP contribution in [0.3, 0.4) is 0 Å². The maximum absolute atomic E-state index is 12.8. The summed E-state index contributed by atoms with van der Waals surface area (Å²) in [6.07, 6.45) is 2.30. The second kappa shape index (κ2) is 8.37. The third-order valence-electron chi connectivity index (χ3n) is 5.05. The second-order valence-corrected chi connectivity index (χ2v) is 7.01. The van der Waals surface area contributed by atoms with Gasteiger partial charge in [0.2, 0.25) is 5.95 Å². The highest BCUT2D eigenvalue weighted by Crippen LogP contribution is 2.23. The highest BCUT2D eigenvalue weighted by molar-refractivity contribution is 6.03. The summed E-state index contributed by atoms with van der Waals surface area (Å²) in [5.41, 5.74) is 4.25. The summed E-state index contributed by atoms with van der Waals surface area (Å²) in [7, 11) is 0. The third-order valence-corrected chi connectivity index (χ3v) is 5.05. The smallest absolute Gasteiger partial charge is 0.274 e. The van der Waals surface area contributed by atoms with Gasteiger partial charge in [0.25, 0.3) is 5.91 Å². The van der Waals surface area contributed by atoms with Crippen LogP contribution >= 0.6 is 0 Å². The number of hydrogen-bond donors (Lipinski definition) is 1. The molecule has 1 fully saturated rings. The van der Waals surface area contributed by atoms with Crippen molar-refractivity contribution in [2.45, 2.75) is 40.5 Å². The molecule has 144 valence electrons. The van der Waals surface area contributed by atoms with Gasteiger partial charge in [-0.2, -0.15) is 0 Å². The Balaban J connectivity index is 1.79. The van der Waals surface area contributed by atoms with Gasteiger partial charge in [0.05, 0.1) is 0 Å². The number of amides is 1. The number of hydrogen-bond acceptors (Lipinski definition) is 5. The van der Waals surface area contributed by atoms with E-state index in [4.69, 9.17) is 0 Å². The number of carbonyl (C=O) groups excluding carboxylic acids is 1. The summed E-state index contributed by atoms with van der Waals surface area (Å²) < 4.78 is 0. The van der Waals surface area contributed by atoms with Gasteiger partial charge < -0.3 is 15.1 Å². The van der Waals surface area contributed by atoms with Crippen LogP contribution in [0, 0.1) is 13.8 Å². The van der Waals surface area contributed by atoms with Crippen LogP contribution in [0.15, 0.2) is 24.3 Å². The van der Waals surface area contributed by atoms with Crippen LogP contribution in [0.5, 0.6) is 0 Å². The van der Waals surface area contributed by atoms with Crippen molar-refractivity contribution >= 4 is 23.2 Å². The molecule has 0 unspecified atom stereocenters. The minimum absolute atomic E-state index is 0.195. The molecule has 0 aliphatic carbocycles. The molecule has 0 radical (unpaired) electrons. The Morgan fingerprint density at radius 1 is 1.11 bits per heavy atom. The molecular weight excluding hydrogens is 338 g/mol. The van der Waals surface area contributed by atoms with Gasteiger partial charge in [0.15, 0.2) is 0 Å². The van der Waals surface area contributed by atoms with Crippen molar-refractivity contribution in [1.82, 2.24) is 9.97 Å². The van der Waals surface area contributed by atoms with Gasteiger partial charge in [-0.15, -0.1) is 0 Å². The lowest BCUT2D eigenvalue weighted by Crippen LogP contribution is -2.23. The Morgan fingerprint density at radius 3 is 2.44 bits per heavy atom. The van der Waals surface area contributed by atoms with Gasteiger partial charge in [0, 0.05) is 43.2 Å². The maximum atomic E-state index is 12.8. The molecule has 1 saturated heterocycles. The van der Waals surface area contributed by atoms with Gasteiger partial charge >= 0.3 is 0 Å². The number of carbonyl (C=O) groups is 1. The zero-order chi connectivity index (χ0) is 19.4. The van der Waals surface area contributed by atoms with Crippen molar-refractivity contribution in [3.05, 3.63) is 41.2 Å². The molecule has 0 bridgehead atoms. The lowest BCUT2D eigenvalue weighted by atomic mass is 10.1. The lowest BCUT2D eigenvalue weighted by molar-refractivity contribution is 0.102. The summed E-state index contributed by atoms with van der Waals surface area (Å²) >= 11 is 0. The molecule has 1 aromatic carbocycles. The lowest BCUT2D eigenvalue weighted by Gasteiger charge is -2.22. The normalized spacial score (nSPS) is 13.7. The van der Waals surface area contributed by atoms with Crippen molar-refractivity contribution in [2.75, 3.05) is 41.3 Å². The van der Waals surface area contributed by atoms with Gasteiger partial charge in [-0.3, -0.25) is 4.79 Å². The summed E-state index contributed by atoms with van der Waals surface area (Å²) in [5.74, 6) is 0.464. The minimum Gasteiger partial charge on any atom is -0.372 e. The molecule has 1 amide bonds. The fourth-order valence-electron chi connectivity index (χ4n) is 3.49. The van der Waals surface area contributed by atoms with Gasteiger partial charge in [-0.1, -0.05) is 0 Å². The molecule has 6 nitrogen and oxygen atoms in total. The van der Waals surface area contributed by atoms with E-state index in [1.165, 1.54) is 5.69 Å². The predicted octanol–water partition coefficient (Wildman–Crippen LogP) is 3.79. The summed E-state index contributed by atoms with van der Waals surface area (Å²) in [6, 6.07) is 7.88. The standard InChI is InChI=1S/C21H29N5O/c1-5-25(6-2)17-9-10-18(15(3)13-17)23-20(27)19-14-16(4)22-21(24-19)26-11-7-8-12-26/h9-10,13-14H,5-8,11-12H2,1-4H3,(H,23,27). The number of nitrogens with one attached hydrogen (secondary N) is 1. The molecule has 0 atom stereocenters. The molecule has 1 aliphatic heterocycles. The zero-order valence-corrected chi connectivity index (χ0v) is 16.7. The van der Waals surface area contributed by atoms with E-state index >= 15 is 0 Å². The predicted molar refractivity (Wildman–Crippen MR) is 111 cm³/mol. The number of benzene rings is 1. The van der Waals surface area contributed by atoms with Crippen molar-refractivity contribution in [1.29, 1.82) is 0 Å². The fourth-order valence-corrected chi connectivity index (χ4v) is 3.49. The number of nitrogens with zero attached hydrogens (tertiary/aromatic N) is 4. The number of aromatic nitrogens is 2. The molecule has 1 N–H and O–H groups in total. The molecule has 27 heavy (non-hydrogen) atoms. The first-order chi connectivity index (χ1) is 13.0. The van der Waals surface area contributed by atoms with Crippen LogP contribution in [-0.2, 0) is 0 Å². The van der Waals surface area contributed by atoms with Crippen LogP contribution in [-0.4, -0.2) is 42.1 Å². The highest BCUT2D eigenvalue weighted by Gasteiger charge is 2.18. The topological polar surface area (TPSA) is 61.4 Å². The Morgan fingerprint density at radius 2 is 1.81 bits per heavy atom. The van der Waals surface area contributed by atoms with Crippen molar-refractivity contribution in [3.63, 3.8) is 0 Å². The van der Waals surface area contributed by atoms with Crippen LogP contribution in [0.25, 0.3) is 0 Å². The molecule has 1 aromatic heterocycles. The second-order valence-electron chi connectivity index (χ2n) is 7.01. The monoisotopic (exact) mass is 367 g/mol.